The Kier molecular flexibility index (Phi) is 3.00. The highest BCUT2D eigenvalue weighted by Gasteiger charge is 2.35. The third kappa shape index (κ3) is 1.86. The van der Waals surface area contributed by atoms with E-state index in [-0.39, 0.29) is 11.5 Å². The second-order valence-electron chi connectivity index (χ2n) is 4.80. The number of benzene rings is 1. The number of halogens is 1. The number of nitrogens with two attached hydrogens (primary N) is 1. The van der Waals surface area contributed by atoms with E-state index in [4.69, 9.17) is 10.5 Å². The first-order chi connectivity index (χ1) is 7.99. The van der Waals surface area contributed by atoms with Gasteiger partial charge in [-0.2, -0.15) is 4.39 Å². The zero-order chi connectivity index (χ0) is 12.6. The average molecular weight is 239 g/mol. The minimum Gasteiger partial charge on any atom is -0.504 e. The van der Waals surface area contributed by atoms with E-state index in [0.717, 1.165) is 25.7 Å². The summed E-state index contributed by atoms with van der Waals surface area (Å²) in [5, 5.41) is 9.92. The number of phenolic OH excluding ortho intramolecular Hbond substituents is 1. The molecular weight excluding hydrogens is 221 g/mol. The van der Waals surface area contributed by atoms with Crippen LogP contribution in [0, 0.1) is 12.7 Å². The van der Waals surface area contributed by atoms with Crippen LogP contribution in [-0.2, 0) is 5.54 Å². The van der Waals surface area contributed by atoms with Crippen molar-refractivity contribution >= 4 is 0 Å². The summed E-state index contributed by atoms with van der Waals surface area (Å²) in [5.41, 5.74) is 6.81. The fourth-order valence-electron chi connectivity index (χ4n) is 2.65. The molecule has 0 atom stereocenters. The molecule has 1 aromatic carbocycles. The minimum absolute atomic E-state index is 0.0906. The van der Waals surface area contributed by atoms with Gasteiger partial charge >= 0.3 is 0 Å². The Hall–Kier alpha value is -1.29. The Morgan fingerprint density at radius 2 is 2.00 bits per heavy atom. The smallest absolute Gasteiger partial charge is 0.207 e. The second kappa shape index (κ2) is 4.18. The van der Waals surface area contributed by atoms with Gasteiger partial charge in [-0.15, -0.1) is 0 Å². The molecule has 0 unspecified atom stereocenters. The maximum atomic E-state index is 13.9. The molecule has 3 nitrogen and oxygen atoms in total. The van der Waals surface area contributed by atoms with Crippen molar-refractivity contribution in [3.8, 4) is 11.5 Å². The van der Waals surface area contributed by atoms with Crippen LogP contribution in [0.5, 0.6) is 11.5 Å². The number of hydrogen-bond acceptors (Lipinski definition) is 3. The number of aryl methyl sites for hydroxylation is 1. The molecule has 3 N–H and O–H groups in total. The molecule has 1 saturated carbocycles. The number of phenols is 1. The number of hydrogen-bond donors (Lipinski definition) is 2. The van der Waals surface area contributed by atoms with E-state index >= 15 is 0 Å². The first-order valence-electron chi connectivity index (χ1n) is 5.85. The van der Waals surface area contributed by atoms with E-state index < -0.39 is 11.4 Å². The molecule has 2 rings (SSSR count). The molecular formula is C13H18FNO2. The van der Waals surface area contributed by atoms with E-state index in [2.05, 4.69) is 0 Å². The van der Waals surface area contributed by atoms with Crippen LogP contribution in [0.4, 0.5) is 4.39 Å². The topological polar surface area (TPSA) is 55.5 Å². The highest BCUT2D eigenvalue weighted by molar-refractivity contribution is 5.50. The summed E-state index contributed by atoms with van der Waals surface area (Å²) >= 11 is 0. The fourth-order valence-corrected chi connectivity index (χ4v) is 2.65. The molecule has 0 aliphatic heterocycles. The Morgan fingerprint density at radius 3 is 2.53 bits per heavy atom. The molecule has 1 aromatic rings. The molecule has 0 heterocycles. The molecule has 0 radical (unpaired) electrons. The Morgan fingerprint density at radius 1 is 1.41 bits per heavy atom. The highest BCUT2D eigenvalue weighted by Crippen LogP contribution is 2.44. The van der Waals surface area contributed by atoms with Gasteiger partial charge in [0.1, 0.15) is 0 Å². The summed E-state index contributed by atoms with van der Waals surface area (Å²) in [7, 11) is 1.39. The quantitative estimate of drug-likeness (QED) is 0.834. The van der Waals surface area contributed by atoms with Gasteiger partial charge in [0.25, 0.3) is 0 Å². The van der Waals surface area contributed by atoms with Gasteiger partial charge in [-0.3, -0.25) is 0 Å². The molecule has 1 aliphatic rings. The summed E-state index contributed by atoms with van der Waals surface area (Å²) in [6.45, 7) is 1.75. The van der Waals surface area contributed by atoms with Crippen molar-refractivity contribution in [2.45, 2.75) is 38.1 Å². The third-order valence-corrected chi connectivity index (χ3v) is 3.62. The van der Waals surface area contributed by atoms with Crippen molar-refractivity contribution < 1.29 is 14.2 Å². The number of aromatic hydroxyl groups is 1. The zero-order valence-corrected chi connectivity index (χ0v) is 10.2. The molecule has 0 aromatic heterocycles. The van der Waals surface area contributed by atoms with Gasteiger partial charge in [-0.25, -0.2) is 0 Å². The van der Waals surface area contributed by atoms with Gasteiger partial charge in [0, 0.05) is 11.1 Å². The predicted molar refractivity (Wildman–Crippen MR) is 63.7 cm³/mol. The molecule has 17 heavy (non-hydrogen) atoms. The van der Waals surface area contributed by atoms with Gasteiger partial charge in [0.05, 0.1) is 7.11 Å². The average Bonchev–Trinajstić information content (AvgIpc) is 2.72. The van der Waals surface area contributed by atoms with Crippen molar-refractivity contribution in [3.05, 3.63) is 23.0 Å². The molecule has 0 saturated heterocycles. The lowest BCUT2D eigenvalue weighted by Crippen LogP contribution is -2.33. The van der Waals surface area contributed by atoms with Gasteiger partial charge in [0.15, 0.2) is 11.5 Å². The SMILES string of the molecule is COc1c(C)cc(C2(N)CCCC2)c(O)c1F. The molecule has 0 spiro atoms. The van der Waals surface area contributed by atoms with Crippen LogP contribution in [0.15, 0.2) is 6.07 Å². The van der Waals surface area contributed by atoms with Crippen LogP contribution < -0.4 is 10.5 Å². The lowest BCUT2D eigenvalue weighted by molar-refractivity contribution is 0.347. The maximum absolute atomic E-state index is 13.9. The second-order valence-corrected chi connectivity index (χ2v) is 4.80. The first-order valence-corrected chi connectivity index (χ1v) is 5.85. The molecule has 0 bridgehead atoms. The normalized spacial score (nSPS) is 18.4. The lowest BCUT2D eigenvalue weighted by atomic mass is 9.87. The van der Waals surface area contributed by atoms with E-state index in [9.17, 15) is 9.50 Å². The number of methoxy groups -OCH3 is 1. The molecule has 0 amide bonds. The van der Waals surface area contributed by atoms with Crippen LogP contribution in [0.2, 0.25) is 0 Å². The van der Waals surface area contributed by atoms with Crippen LogP contribution in [0.1, 0.15) is 36.8 Å². The van der Waals surface area contributed by atoms with Crippen LogP contribution >= 0.6 is 0 Å². The van der Waals surface area contributed by atoms with Gasteiger partial charge < -0.3 is 15.6 Å². The summed E-state index contributed by atoms with van der Waals surface area (Å²) < 4.78 is 18.8. The van der Waals surface area contributed by atoms with Crippen LogP contribution in [0.3, 0.4) is 0 Å². The van der Waals surface area contributed by atoms with Crippen molar-refractivity contribution in [1.29, 1.82) is 0 Å². The fraction of sp³-hybridized carbons (Fsp3) is 0.538. The van der Waals surface area contributed by atoms with E-state index in [0.29, 0.717) is 11.1 Å². The van der Waals surface area contributed by atoms with Gasteiger partial charge in [-0.05, 0) is 31.4 Å². The standard InChI is InChI=1S/C13H18FNO2/c1-8-7-9(13(15)5-3-4-6-13)11(16)10(14)12(8)17-2/h7,16H,3-6,15H2,1-2H3. The van der Waals surface area contributed by atoms with Gasteiger partial charge in [-0.1, -0.05) is 12.8 Å². The third-order valence-electron chi connectivity index (χ3n) is 3.62. The Balaban J connectivity index is 2.56. The minimum atomic E-state index is -0.709. The highest BCUT2D eigenvalue weighted by atomic mass is 19.1. The molecule has 4 heteroatoms. The van der Waals surface area contributed by atoms with Gasteiger partial charge in [0.2, 0.25) is 5.82 Å². The summed E-state index contributed by atoms with van der Waals surface area (Å²) in [6, 6.07) is 1.74. The van der Waals surface area contributed by atoms with Crippen molar-refractivity contribution in [2.24, 2.45) is 5.73 Å². The van der Waals surface area contributed by atoms with Crippen molar-refractivity contribution in [1.82, 2.24) is 0 Å². The monoisotopic (exact) mass is 239 g/mol. The zero-order valence-electron chi connectivity index (χ0n) is 10.2. The largest absolute Gasteiger partial charge is 0.504 e. The number of rotatable bonds is 2. The van der Waals surface area contributed by atoms with E-state index in [1.54, 1.807) is 13.0 Å². The predicted octanol–water partition coefficient (Wildman–Crippen LogP) is 2.58. The molecule has 94 valence electrons. The van der Waals surface area contributed by atoms with Crippen LogP contribution in [-0.4, -0.2) is 12.2 Å². The molecule has 1 fully saturated rings. The molecule has 1 aliphatic carbocycles. The maximum Gasteiger partial charge on any atom is 0.207 e. The summed E-state index contributed by atoms with van der Waals surface area (Å²) in [6.07, 6.45) is 3.60. The Labute approximate surface area is 100 Å². The van der Waals surface area contributed by atoms with Crippen molar-refractivity contribution in [2.75, 3.05) is 7.11 Å². The Bertz CT molecular complexity index is 440. The first kappa shape index (κ1) is 12.2. The number of ether oxygens (including phenoxy) is 1. The summed E-state index contributed by atoms with van der Waals surface area (Å²) in [5.74, 6) is -0.982. The van der Waals surface area contributed by atoms with Crippen LogP contribution in [0.25, 0.3) is 0 Å². The van der Waals surface area contributed by atoms with Crippen molar-refractivity contribution in [3.63, 3.8) is 0 Å². The summed E-state index contributed by atoms with van der Waals surface area (Å²) in [4.78, 5) is 0. The lowest BCUT2D eigenvalue weighted by Gasteiger charge is -2.26. The van der Waals surface area contributed by atoms with E-state index in [1.165, 1.54) is 7.11 Å². The van der Waals surface area contributed by atoms with E-state index in [1.807, 2.05) is 0 Å².